The molecule has 0 radical (unpaired) electrons. The Morgan fingerprint density at radius 2 is 1.79 bits per heavy atom. The van der Waals surface area contributed by atoms with Crippen molar-refractivity contribution in [1.29, 1.82) is 0 Å². The van der Waals surface area contributed by atoms with Crippen LogP contribution in [0.4, 0.5) is 0 Å². The predicted molar refractivity (Wildman–Crippen MR) is 98.9 cm³/mol. The van der Waals surface area contributed by atoms with E-state index < -0.39 is 0 Å². The van der Waals surface area contributed by atoms with Gasteiger partial charge in [0.2, 0.25) is 5.91 Å². The van der Waals surface area contributed by atoms with Crippen molar-refractivity contribution in [3.8, 4) is 0 Å². The second kappa shape index (κ2) is 8.66. The summed E-state index contributed by atoms with van der Waals surface area (Å²) in [5.41, 5.74) is 0.385. The predicted octanol–water partition coefficient (Wildman–Crippen LogP) is 3.34. The number of aliphatic hydroxyl groups is 1. The highest BCUT2D eigenvalue weighted by Crippen LogP contribution is 2.38. The summed E-state index contributed by atoms with van der Waals surface area (Å²) in [5, 5.41) is 13.2. The highest BCUT2D eigenvalue weighted by atomic mass is 16.3. The van der Waals surface area contributed by atoms with Gasteiger partial charge >= 0.3 is 0 Å². The zero-order valence-electron chi connectivity index (χ0n) is 16.1. The van der Waals surface area contributed by atoms with E-state index in [4.69, 9.17) is 0 Å². The number of carbonyl (C=O) groups excluding carboxylic acids is 1. The zero-order chi connectivity index (χ0) is 17.6. The van der Waals surface area contributed by atoms with Crippen molar-refractivity contribution in [3.63, 3.8) is 0 Å². The third-order valence-electron chi connectivity index (χ3n) is 5.85. The summed E-state index contributed by atoms with van der Waals surface area (Å²) in [5.74, 6) is 0.310. The van der Waals surface area contributed by atoms with Gasteiger partial charge in [0.15, 0.2) is 0 Å². The summed E-state index contributed by atoms with van der Waals surface area (Å²) >= 11 is 0. The Kier molecular flexibility index (Phi) is 7.11. The molecule has 2 rings (SSSR count). The largest absolute Gasteiger partial charge is 0.396 e. The Hall–Kier alpha value is -0.610. The van der Waals surface area contributed by atoms with E-state index in [0.717, 1.165) is 38.9 Å². The van der Waals surface area contributed by atoms with Crippen LogP contribution in [0, 0.1) is 10.8 Å². The number of hydrogen-bond donors (Lipinski definition) is 2. The van der Waals surface area contributed by atoms with Crippen molar-refractivity contribution in [2.24, 2.45) is 10.8 Å². The van der Waals surface area contributed by atoms with E-state index in [0.29, 0.717) is 30.4 Å². The van der Waals surface area contributed by atoms with Gasteiger partial charge in [-0.15, -0.1) is 0 Å². The van der Waals surface area contributed by atoms with E-state index in [9.17, 15) is 9.90 Å². The van der Waals surface area contributed by atoms with Crippen LogP contribution >= 0.6 is 0 Å². The molecule has 24 heavy (non-hydrogen) atoms. The molecule has 4 nitrogen and oxygen atoms in total. The maximum absolute atomic E-state index is 12.3. The Morgan fingerprint density at radius 3 is 2.33 bits per heavy atom. The standard InChI is InChI=1S/C20H38N2O2/c1-19(2,3)15-18(24)22-12-7-17(8-13-22)21-16-20(11-14-23)9-5-4-6-10-20/h17,21,23H,4-16H2,1-3H3. The number of likely N-dealkylation sites (tertiary alicyclic amines) is 1. The normalized spacial score (nSPS) is 22.6. The molecule has 4 heteroatoms. The molecule has 1 saturated carbocycles. The molecule has 2 fully saturated rings. The molecule has 1 aliphatic carbocycles. The molecule has 0 bridgehead atoms. The Labute approximate surface area is 148 Å². The average molecular weight is 339 g/mol. The third kappa shape index (κ3) is 6.03. The first-order chi connectivity index (χ1) is 11.3. The monoisotopic (exact) mass is 338 g/mol. The van der Waals surface area contributed by atoms with Gasteiger partial charge in [-0.2, -0.15) is 0 Å². The fraction of sp³-hybridized carbons (Fsp3) is 0.950. The molecule has 2 N–H and O–H groups in total. The number of rotatable bonds is 6. The highest BCUT2D eigenvalue weighted by Gasteiger charge is 2.33. The lowest BCUT2D eigenvalue weighted by molar-refractivity contribution is -0.134. The molecule has 0 aromatic rings. The number of carbonyl (C=O) groups is 1. The quantitative estimate of drug-likeness (QED) is 0.781. The smallest absolute Gasteiger partial charge is 0.223 e. The van der Waals surface area contributed by atoms with Crippen molar-refractivity contribution in [3.05, 3.63) is 0 Å². The SMILES string of the molecule is CC(C)(C)CC(=O)N1CCC(NCC2(CCO)CCCCC2)CC1. The number of piperidine rings is 1. The van der Waals surface area contributed by atoms with Gasteiger partial charge < -0.3 is 15.3 Å². The molecular formula is C20H38N2O2. The van der Waals surface area contributed by atoms with E-state index >= 15 is 0 Å². The van der Waals surface area contributed by atoms with Gasteiger partial charge in [-0.25, -0.2) is 0 Å². The van der Waals surface area contributed by atoms with Crippen molar-refractivity contribution in [2.75, 3.05) is 26.2 Å². The summed E-state index contributed by atoms with van der Waals surface area (Å²) in [6.45, 7) is 9.51. The van der Waals surface area contributed by atoms with Crippen LogP contribution in [0.25, 0.3) is 0 Å². The highest BCUT2D eigenvalue weighted by molar-refractivity contribution is 5.76. The van der Waals surface area contributed by atoms with Crippen LogP contribution in [0.15, 0.2) is 0 Å². The molecule has 0 aromatic carbocycles. The van der Waals surface area contributed by atoms with Crippen molar-refractivity contribution in [1.82, 2.24) is 10.2 Å². The molecule has 2 aliphatic rings. The topological polar surface area (TPSA) is 52.6 Å². The molecule has 1 saturated heterocycles. The maximum Gasteiger partial charge on any atom is 0.223 e. The van der Waals surface area contributed by atoms with Crippen LogP contribution in [0.1, 0.15) is 78.6 Å². The van der Waals surface area contributed by atoms with E-state index in [1.54, 1.807) is 0 Å². The first-order valence-corrected chi connectivity index (χ1v) is 9.96. The van der Waals surface area contributed by atoms with Gasteiger partial charge in [0.05, 0.1) is 0 Å². The lowest BCUT2D eigenvalue weighted by Crippen LogP contribution is -2.48. The maximum atomic E-state index is 12.3. The van der Waals surface area contributed by atoms with E-state index in [1.807, 2.05) is 4.90 Å². The van der Waals surface area contributed by atoms with Gasteiger partial charge in [0, 0.05) is 38.7 Å². The summed E-state index contributed by atoms with van der Waals surface area (Å²) in [4.78, 5) is 14.4. The van der Waals surface area contributed by atoms with Crippen LogP contribution in [0.3, 0.4) is 0 Å². The Morgan fingerprint density at radius 1 is 1.17 bits per heavy atom. The molecule has 0 atom stereocenters. The minimum Gasteiger partial charge on any atom is -0.396 e. The second-order valence-electron chi connectivity index (χ2n) is 9.31. The second-order valence-corrected chi connectivity index (χ2v) is 9.31. The summed E-state index contributed by atoms with van der Waals surface area (Å²) < 4.78 is 0. The molecule has 1 heterocycles. The third-order valence-corrected chi connectivity index (χ3v) is 5.85. The molecule has 1 amide bonds. The number of hydrogen-bond acceptors (Lipinski definition) is 3. The number of nitrogens with zero attached hydrogens (tertiary/aromatic N) is 1. The number of nitrogens with one attached hydrogen (secondary N) is 1. The Bertz CT molecular complexity index is 383. The fourth-order valence-corrected chi connectivity index (χ4v) is 4.31. The minimum atomic E-state index is 0.0733. The van der Waals surface area contributed by atoms with Crippen molar-refractivity contribution in [2.45, 2.75) is 84.6 Å². The summed E-state index contributed by atoms with van der Waals surface area (Å²) in [6, 6.07) is 0.529. The molecule has 0 unspecified atom stereocenters. The van der Waals surface area contributed by atoms with Crippen LogP contribution in [-0.4, -0.2) is 48.2 Å². The molecule has 140 valence electrons. The van der Waals surface area contributed by atoms with E-state index in [1.165, 1.54) is 32.1 Å². The molecular weight excluding hydrogens is 300 g/mol. The molecule has 1 aliphatic heterocycles. The number of amides is 1. The van der Waals surface area contributed by atoms with Crippen LogP contribution in [0.2, 0.25) is 0 Å². The zero-order valence-corrected chi connectivity index (χ0v) is 16.1. The van der Waals surface area contributed by atoms with Crippen LogP contribution in [0.5, 0.6) is 0 Å². The minimum absolute atomic E-state index is 0.0733. The molecule has 0 aromatic heterocycles. The average Bonchev–Trinajstić information content (AvgIpc) is 2.53. The van der Waals surface area contributed by atoms with Gasteiger partial charge in [0.25, 0.3) is 0 Å². The molecule has 0 spiro atoms. The van der Waals surface area contributed by atoms with Gasteiger partial charge in [0.1, 0.15) is 0 Å². The van der Waals surface area contributed by atoms with Crippen molar-refractivity contribution < 1.29 is 9.90 Å². The van der Waals surface area contributed by atoms with Crippen LogP contribution < -0.4 is 5.32 Å². The lowest BCUT2D eigenvalue weighted by Gasteiger charge is -2.40. The lowest BCUT2D eigenvalue weighted by atomic mass is 9.71. The van der Waals surface area contributed by atoms with E-state index in [2.05, 4.69) is 26.1 Å². The van der Waals surface area contributed by atoms with Gasteiger partial charge in [-0.1, -0.05) is 40.0 Å². The fourth-order valence-electron chi connectivity index (χ4n) is 4.31. The Balaban J connectivity index is 1.75. The first kappa shape index (κ1) is 19.7. The summed E-state index contributed by atoms with van der Waals surface area (Å²) in [7, 11) is 0. The van der Waals surface area contributed by atoms with Gasteiger partial charge in [-0.05, 0) is 42.9 Å². The van der Waals surface area contributed by atoms with E-state index in [-0.39, 0.29) is 5.41 Å². The first-order valence-electron chi connectivity index (χ1n) is 9.96. The summed E-state index contributed by atoms with van der Waals surface area (Å²) in [6.07, 6.45) is 10.2. The number of aliphatic hydroxyl groups excluding tert-OH is 1. The van der Waals surface area contributed by atoms with Crippen molar-refractivity contribution >= 4 is 5.91 Å². The van der Waals surface area contributed by atoms with Crippen LogP contribution in [-0.2, 0) is 4.79 Å². The van der Waals surface area contributed by atoms with Gasteiger partial charge in [-0.3, -0.25) is 4.79 Å².